The number of aryl methyl sites for hydroxylation is 2. The van der Waals surface area contributed by atoms with Crippen molar-refractivity contribution in [3.63, 3.8) is 0 Å². The minimum absolute atomic E-state index is 0.00487. The van der Waals surface area contributed by atoms with Crippen LogP contribution in [0.4, 0.5) is 0 Å². The van der Waals surface area contributed by atoms with Crippen LogP contribution in [0, 0.1) is 0 Å². The summed E-state index contributed by atoms with van der Waals surface area (Å²) >= 11 is 0. The van der Waals surface area contributed by atoms with E-state index in [1.54, 1.807) is 0 Å². The zero-order chi connectivity index (χ0) is 25.6. The van der Waals surface area contributed by atoms with Crippen LogP contribution in [-0.4, -0.2) is 35.4 Å². The van der Waals surface area contributed by atoms with Crippen LogP contribution in [0.2, 0.25) is 0 Å². The summed E-state index contributed by atoms with van der Waals surface area (Å²) in [6, 6.07) is 23.3. The maximum atomic E-state index is 11.9. The van der Waals surface area contributed by atoms with Gasteiger partial charge < -0.3 is 19.7 Å². The predicted molar refractivity (Wildman–Crippen MR) is 139 cm³/mol. The lowest BCUT2D eigenvalue weighted by atomic mass is 10.1. The number of unbranched alkanes of at least 4 members (excludes halogenated alkanes) is 4. The second-order valence-electron chi connectivity index (χ2n) is 8.72. The average Bonchev–Trinajstić information content (AvgIpc) is 2.89. The summed E-state index contributed by atoms with van der Waals surface area (Å²) in [6.45, 7) is 0.680. The molecule has 0 aliphatic rings. The highest BCUT2D eigenvalue weighted by Crippen LogP contribution is 2.35. The Labute approximate surface area is 212 Å². The summed E-state index contributed by atoms with van der Waals surface area (Å²) in [5.41, 5.74) is 1.90. The Morgan fingerprint density at radius 2 is 1.11 bits per heavy atom. The van der Waals surface area contributed by atoms with Crippen LogP contribution in [0.3, 0.4) is 0 Å². The lowest BCUT2D eigenvalue weighted by Crippen LogP contribution is -2.13. The van der Waals surface area contributed by atoms with Crippen molar-refractivity contribution in [3.05, 3.63) is 95.1 Å². The molecule has 0 aliphatic carbocycles. The molecule has 0 aromatic heterocycles. The van der Waals surface area contributed by atoms with Gasteiger partial charge >= 0.3 is 11.9 Å². The largest absolute Gasteiger partial charge is 0.490 e. The lowest BCUT2D eigenvalue weighted by molar-refractivity contribution is 0.0646. The first kappa shape index (κ1) is 26.8. The zero-order valence-corrected chi connectivity index (χ0v) is 20.5. The molecule has 0 radical (unpaired) electrons. The van der Waals surface area contributed by atoms with E-state index in [0.717, 1.165) is 51.4 Å². The van der Waals surface area contributed by atoms with E-state index < -0.39 is 11.9 Å². The Kier molecular flexibility index (Phi) is 10.8. The van der Waals surface area contributed by atoms with E-state index in [1.165, 1.54) is 23.3 Å². The Bertz CT molecular complexity index is 1100. The second-order valence-corrected chi connectivity index (χ2v) is 8.72. The highest BCUT2D eigenvalue weighted by Gasteiger charge is 2.25. The first-order valence-electron chi connectivity index (χ1n) is 12.5. The van der Waals surface area contributed by atoms with Crippen LogP contribution < -0.4 is 9.47 Å². The second kappa shape index (κ2) is 14.6. The third-order valence-electron chi connectivity index (χ3n) is 5.98. The molecule has 0 amide bonds. The molecule has 6 heteroatoms. The number of carboxylic acids is 2. The molecule has 0 heterocycles. The third kappa shape index (κ3) is 8.45. The number of ether oxygens (including phenoxy) is 2. The fourth-order valence-electron chi connectivity index (χ4n) is 4.07. The molecule has 0 fully saturated rings. The van der Waals surface area contributed by atoms with E-state index in [-0.39, 0.29) is 29.2 Å². The molecule has 0 saturated heterocycles. The van der Waals surface area contributed by atoms with Gasteiger partial charge in [0.15, 0.2) is 11.5 Å². The van der Waals surface area contributed by atoms with Gasteiger partial charge in [-0.2, -0.15) is 0 Å². The van der Waals surface area contributed by atoms with Gasteiger partial charge in [0.1, 0.15) is 5.56 Å². The highest BCUT2D eigenvalue weighted by atomic mass is 16.5. The third-order valence-corrected chi connectivity index (χ3v) is 5.98. The van der Waals surface area contributed by atoms with Crippen LogP contribution in [0.1, 0.15) is 70.4 Å². The molecule has 3 aromatic rings. The van der Waals surface area contributed by atoms with Crippen molar-refractivity contribution in [2.24, 2.45) is 0 Å². The maximum absolute atomic E-state index is 11.9. The van der Waals surface area contributed by atoms with E-state index in [2.05, 4.69) is 24.3 Å². The van der Waals surface area contributed by atoms with Crippen molar-refractivity contribution in [1.29, 1.82) is 0 Å². The number of carboxylic acid groups (broad SMARTS) is 2. The summed E-state index contributed by atoms with van der Waals surface area (Å²) in [5, 5.41) is 19.2. The van der Waals surface area contributed by atoms with Gasteiger partial charge in [-0.1, -0.05) is 60.7 Å². The van der Waals surface area contributed by atoms with Crippen LogP contribution in [-0.2, 0) is 12.8 Å². The van der Waals surface area contributed by atoms with Gasteiger partial charge in [-0.3, -0.25) is 0 Å². The molecule has 190 valence electrons. The van der Waals surface area contributed by atoms with Crippen LogP contribution >= 0.6 is 0 Å². The molecule has 3 aromatic carbocycles. The molecule has 36 heavy (non-hydrogen) atoms. The van der Waals surface area contributed by atoms with E-state index >= 15 is 0 Å². The standard InChI is InChI=1S/C30H34O6/c31-29(32)25-19-20-26(35-21-11-3-9-17-23-13-5-1-6-14-23)28(27(25)30(33)34)36-22-12-4-10-18-24-15-7-2-8-16-24/h1-2,5-8,13-16,19-20H,3-4,9-12,17-18,21-22H2,(H,31,32)(H,33,34). The van der Waals surface area contributed by atoms with Gasteiger partial charge in [0.05, 0.1) is 18.8 Å². The van der Waals surface area contributed by atoms with E-state index in [0.29, 0.717) is 6.61 Å². The highest BCUT2D eigenvalue weighted by molar-refractivity contribution is 6.04. The van der Waals surface area contributed by atoms with E-state index in [9.17, 15) is 19.8 Å². The zero-order valence-electron chi connectivity index (χ0n) is 20.5. The van der Waals surface area contributed by atoms with Crippen molar-refractivity contribution in [3.8, 4) is 11.5 Å². The summed E-state index contributed by atoms with van der Waals surface area (Å²) < 4.78 is 11.7. The SMILES string of the molecule is O=C(O)c1ccc(OCCCCCc2ccccc2)c(OCCCCCc2ccccc2)c1C(=O)O. The van der Waals surface area contributed by atoms with E-state index in [1.807, 2.05) is 36.4 Å². The normalized spacial score (nSPS) is 10.7. The molecule has 0 atom stereocenters. The molecule has 0 bridgehead atoms. The average molecular weight is 491 g/mol. The maximum Gasteiger partial charge on any atom is 0.340 e. The number of hydrogen-bond acceptors (Lipinski definition) is 4. The van der Waals surface area contributed by atoms with Gasteiger partial charge in [0.25, 0.3) is 0 Å². The molecule has 3 rings (SSSR count). The number of benzene rings is 3. The van der Waals surface area contributed by atoms with Gasteiger partial charge in [0, 0.05) is 0 Å². The smallest absolute Gasteiger partial charge is 0.340 e. The summed E-state index contributed by atoms with van der Waals surface area (Å²) in [4.78, 5) is 23.6. The fourth-order valence-corrected chi connectivity index (χ4v) is 4.07. The van der Waals surface area contributed by atoms with Gasteiger partial charge in [0.2, 0.25) is 0 Å². The molecule has 2 N–H and O–H groups in total. The van der Waals surface area contributed by atoms with Crippen LogP contribution in [0.25, 0.3) is 0 Å². The van der Waals surface area contributed by atoms with Crippen LogP contribution in [0.15, 0.2) is 72.8 Å². The molecule has 0 spiro atoms. The molecule has 0 saturated carbocycles. The number of aromatic carboxylic acids is 2. The Morgan fingerprint density at radius 3 is 1.61 bits per heavy atom. The predicted octanol–water partition coefficient (Wildman–Crippen LogP) is 6.67. The summed E-state index contributed by atoms with van der Waals surface area (Å²) in [6.07, 6.45) is 7.37. The Hall–Kier alpha value is -3.80. The minimum Gasteiger partial charge on any atom is -0.490 e. The Balaban J connectivity index is 1.53. The number of rotatable bonds is 16. The van der Waals surface area contributed by atoms with Crippen molar-refractivity contribution in [2.75, 3.05) is 13.2 Å². The van der Waals surface area contributed by atoms with E-state index in [4.69, 9.17) is 9.47 Å². The number of hydrogen-bond donors (Lipinski definition) is 2. The molecular formula is C30H34O6. The van der Waals surface area contributed by atoms with Crippen molar-refractivity contribution >= 4 is 11.9 Å². The van der Waals surface area contributed by atoms with Gasteiger partial charge in [-0.25, -0.2) is 9.59 Å². The Morgan fingerprint density at radius 1 is 0.583 bits per heavy atom. The first-order chi connectivity index (χ1) is 17.6. The monoisotopic (exact) mass is 490 g/mol. The first-order valence-corrected chi connectivity index (χ1v) is 12.5. The van der Waals surface area contributed by atoms with Crippen molar-refractivity contribution in [2.45, 2.75) is 51.4 Å². The minimum atomic E-state index is -1.35. The summed E-state index contributed by atoms with van der Waals surface area (Å²) in [7, 11) is 0. The molecule has 6 nitrogen and oxygen atoms in total. The van der Waals surface area contributed by atoms with Gasteiger partial charge in [-0.05, 0) is 74.6 Å². The summed E-state index contributed by atoms with van der Waals surface area (Å²) in [5.74, 6) is -2.40. The molecule has 0 aliphatic heterocycles. The topological polar surface area (TPSA) is 93.1 Å². The van der Waals surface area contributed by atoms with Gasteiger partial charge in [-0.15, -0.1) is 0 Å². The molecular weight excluding hydrogens is 456 g/mol. The molecule has 0 unspecified atom stereocenters. The lowest BCUT2D eigenvalue weighted by Gasteiger charge is -2.16. The van der Waals surface area contributed by atoms with Crippen LogP contribution in [0.5, 0.6) is 11.5 Å². The van der Waals surface area contributed by atoms with Crippen molar-refractivity contribution < 1.29 is 29.3 Å². The van der Waals surface area contributed by atoms with Crippen molar-refractivity contribution in [1.82, 2.24) is 0 Å². The number of carbonyl (C=O) groups is 2. The quantitative estimate of drug-likeness (QED) is 0.218. The fraction of sp³-hybridized carbons (Fsp3) is 0.333.